The van der Waals surface area contributed by atoms with E-state index in [2.05, 4.69) is 4.98 Å². The van der Waals surface area contributed by atoms with Crippen LogP contribution in [0.5, 0.6) is 28.7 Å². The third kappa shape index (κ3) is 5.07. The predicted octanol–water partition coefficient (Wildman–Crippen LogP) is 5.75. The summed E-state index contributed by atoms with van der Waals surface area (Å²) in [6.45, 7) is 2.55. The molecule has 0 aliphatic carbocycles. The fourth-order valence-electron chi connectivity index (χ4n) is 4.81. The van der Waals surface area contributed by atoms with Crippen molar-refractivity contribution >= 4 is 44.1 Å². The minimum absolute atomic E-state index is 0.103. The van der Waals surface area contributed by atoms with Crippen molar-refractivity contribution in [2.75, 3.05) is 39.9 Å². The number of ether oxygens (including phenoxy) is 5. The average molecular weight is 591 g/mol. The average Bonchev–Trinajstić information content (AvgIpc) is 3.56. The van der Waals surface area contributed by atoms with Crippen molar-refractivity contribution in [2.24, 2.45) is 0 Å². The number of rotatable bonds is 10. The largest absolute Gasteiger partial charge is 0.507 e. The van der Waals surface area contributed by atoms with Gasteiger partial charge in [-0.15, -0.1) is 0 Å². The van der Waals surface area contributed by atoms with E-state index in [1.807, 2.05) is 13.0 Å². The predicted molar refractivity (Wildman–Crippen MR) is 159 cm³/mol. The highest BCUT2D eigenvalue weighted by molar-refractivity contribution is 7.22. The summed E-state index contributed by atoms with van der Waals surface area (Å²) in [5, 5.41) is 11.8. The van der Waals surface area contributed by atoms with Gasteiger partial charge in [-0.3, -0.25) is 14.5 Å². The first-order chi connectivity index (χ1) is 20.3. The summed E-state index contributed by atoms with van der Waals surface area (Å²) in [4.78, 5) is 33.3. The Bertz CT molecular complexity index is 1650. The molecule has 1 aromatic heterocycles. The summed E-state index contributed by atoms with van der Waals surface area (Å²) < 4.78 is 28.4. The number of benzene rings is 3. The smallest absolute Gasteiger partial charge is 0.301 e. The number of methoxy groups -OCH3 is 4. The van der Waals surface area contributed by atoms with Gasteiger partial charge in [0.1, 0.15) is 17.3 Å². The molecule has 0 saturated carbocycles. The molecule has 1 N–H and O–H groups in total. The number of carbonyl (C=O) groups excluding carboxylic acids is 2. The summed E-state index contributed by atoms with van der Waals surface area (Å²) in [6.07, 6.45) is 0.846. The molecule has 1 aliphatic rings. The number of amides is 1. The molecule has 10 nitrogen and oxygen atoms in total. The van der Waals surface area contributed by atoms with Gasteiger partial charge in [0.2, 0.25) is 5.75 Å². The number of carbonyl (C=O) groups is 2. The number of thiazole rings is 1. The van der Waals surface area contributed by atoms with Gasteiger partial charge in [0.15, 0.2) is 16.6 Å². The molecule has 4 aromatic rings. The van der Waals surface area contributed by atoms with E-state index < -0.39 is 17.7 Å². The minimum atomic E-state index is -1.06. The van der Waals surface area contributed by atoms with Crippen molar-refractivity contribution < 1.29 is 38.4 Å². The molecule has 1 fully saturated rings. The van der Waals surface area contributed by atoms with Crippen molar-refractivity contribution in [1.29, 1.82) is 0 Å². The van der Waals surface area contributed by atoms with Crippen LogP contribution in [0.25, 0.3) is 16.0 Å². The Morgan fingerprint density at radius 1 is 0.905 bits per heavy atom. The SMILES string of the molecule is CCCOc1ccc(C(O)=C2C(=O)C(=O)N(c3nc4ccc(OC)cc4s3)C2c2cc(OC)c(OC)c(OC)c2)cc1. The maximum atomic E-state index is 13.7. The number of anilines is 1. The van der Waals surface area contributed by atoms with Gasteiger partial charge in [-0.1, -0.05) is 18.3 Å². The molecule has 3 aromatic carbocycles. The van der Waals surface area contributed by atoms with Crippen LogP contribution in [-0.4, -0.2) is 56.8 Å². The zero-order valence-electron chi connectivity index (χ0n) is 23.8. The highest BCUT2D eigenvalue weighted by Gasteiger charge is 2.48. The summed E-state index contributed by atoms with van der Waals surface area (Å²) in [5.41, 5.74) is 1.32. The summed E-state index contributed by atoms with van der Waals surface area (Å²) >= 11 is 1.23. The zero-order valence-corrected chi connectivity index (χ0v) is 24.6. The number of aliphatic hydroxyl groups excluding tert-OH is 1. The minimum Gasteiger partial charge on any atom is -0.507 e. The van der Waals surface area contributed by atoms with E-state index in [0.717, 1.165) is 11.1 Å². The molecule has 0 radical (unpaired) electrons. The number of hydrogen-bond acceptors (Lipinski definition) is 10. The van der Waals surface area contributed by atoms with Crippen LogP contribution in [0.15, 0.2) is 60.2 Å². The van der Waals surface area contributed by atoms with Gasteiger partial charge in [-0.2, -0.15) is 0 Å². The number of hydrogen-bond donors (Lipinski definition) is 1. The van der Waals surface area contributed by atoms with Crippen molar-refractivity contribution in [2.45, 2.75) is 19.4 Å². The number of nitrogens with zero attached hydrogens (tertiary/aromatic N) is 2. The number of aromatic nitrogens is 1. The molecule has 0 spiro atoms. The van der Waals surface area contributed by atoms with Gasteiger partial charge < -0.3 is 28.8 Å². The lowest BCUT2D eigenvalue weighted by Gasteiger charge is -2.24. The third-order valence-electron chi connectivity index (χ3n) is 6.84. The van der Waals surface area contributed by atoms with Gasteiger partial charge in [0, 0.05) is 5.56 Å². The van der Waals surface area contributed by atoms with Crippen LogP contribution >= 0.6 is 11.3 Å². The van der Waals surface area contributed by atoms with Crippen LogP contribution in [0.2, 0.25) is 0 Å². The second-order valence-electron chi connectivity index (χ2n) is 9.33. The zero-order chi connectivity index (χ0) is 30.0. The van der Waals surface area contributed by atoms with Crippen LogP contribution < -0.4 is 28.6 Å². The van der Waals surface area contributed by atoms with E-state index in [4.69, 9.17) is 23.7 Å². The lowest BCUT2D eigenvalue weighted by Crippen LogP contribution is -2.29. The Morgan fingerprint density at radius 3 is 2.17 bits per heavy atom. The maximum Gasteiger partial charge on any atom is 0.301 e. The van der Waals surface area contributed by atoms with E-state index in [1.54, 1.807) is 55.6 Å². The van der Waals surface area contributed by atoms with Gasteiger partial charge in [-0.25, -0.2) is 4.98 Å². The monoisotopic (exact) mass is 590 g/mol. The third-order valence-corrected chi connectivity index (χ3v) is 7.86. The number of fused-ring (bicyclic) bond motifs is 1. The highest BCUT2D eigenvalue weighted by Crippen LogP contribution is 2.48. The van der Waals surface area contributed by atoms with Crippen molar-refractivity contribution in [1.82, 2.24) is 4.98 Å². The van der Waals surface area contributed by atoms with Gasteiger partial charge in [0.05, 0.1) is 56.9 Å². The number of ketones is 1. The number of Topliss-reactive ketones (excluding diaryl/α,β-unsaturated/α-hetero) is 1. The fraction of sp³-hybridized carbons (Fsp3) is 0.258. The molecule has 5 rings (SSSR count). The highest BCUT2D eigenvalue weighted by atomic mass is 32.1. The second-order valence-corrected chi connectivity index (χ2v) is 10.3. The van der Waals surface area contributed by atoms with Crippen LogP contribution in [0.3, 0.4) is 0 Å². The summed E-state index contributed by atoms with van der Waals surface area (Å²) in [7, 11) is 5.99. The lowest BCUT2D eigenvalue weighted by atomic mass is 9.94. The van der Waals surface area contributed by atoms with Gasteiger partial charge >= 0.3 is 5.91 Å². The quantitative estimate of drug-likeness (QED) is 0.140. The van der Waals surface area contributed by atoms with Crippen molar-refractivity contribution in [3.8, 4) is 28.7 Å². The molecular weight excluding hydrogens is 560 g/mol. The maximum absolute atomic E-state index is 13.7. The molecule has 1 saturated heterocycles. The molecule has 1 amide bonds. The van der Waals surface area contributed by atoms with Gasteiger partial charge in [-0.05, 0) is 66.6 Å². The van der Waals surface area contributed by atoms with Crippen molar-refractivity contribution in [3.63, 3.8) is 0 Å². The molecule has 218 valence electrons. The molecule has 42 heavy (non-hydrogen) atoms. The second kappa shape index (κ2) is 12.0. The summed E-state index contributed by atoms with van der Waals surface area (Å²) in [6, 6.07) is 14.3. The standard InChI is InChI=1S/C31H30N2O8S/c1-6-13-41-19-9-7-17(8-10-19)27(34)25-26(18-14-22(38-3)29(40-5)23(15-18)39-4)33(30(36)28(25)35)31-32-21-12-11-20(37-2)16-24(21)42-31/h7-12,14-16,26,34H,6,13H2,1-5H3. The molecule has 1 unspecified atom stereocenters. The first kappa shape index (κ1) is 28.7. The van der Waals surface area contributed by atoms with Gasteiger partial charge in [0.25, 0.3) is 5.78 Å². The fourth-order valence-corrected chi connectivity index (χ4v) is 5.83. The normalized spacial score (nSPS) is 16.1. The molecular formula is C31H30N2O8S. The van der Waals surface area contributed by atoms with E-state index in [-0.39, 0.29) is 16.5 Å². The molecule has 1 atom stereocenters. The van der Waals surface area contributed by atoms with E-state index >= 15 is 0 Å². The Morgan fingerprint density at radius 2 is 1.57 bits per heavy atom. The number of aliphatic hydroxyl groups is 1. The summed E-state index contributed by atoms with van der Waals surface area (Å²) in [5.74, 6) is 0.230. The topological polar surface area (TPSA) is 117 Å². The lowest BCUT2D eigenvalue weighted by molar-refractivity contribution is -0.132. The first-order valence-electron chi connectivity index (χ1n) is 13.1. The molecule has 11 heteroatoms. The van der Waals surface area contributed by atoms with E-state index in [9.17, 15) is 14.7 Å². The Hall–Kier alpha value is -4.77. The Kier molecular flexibility index (Phi) is 8.21. The van der Waals surface area contributed by atoms with E-state index in [0.29, 0.717) is 52.0 Å². The Labute approximate surface area is 246 Å². The van der Waals surface area contributed by atoms with Crippen LogP contribution in [0.1, 0.15) is 30.5 Å². The van der Waals surface area contributed by atoms with Crippen LogP contribution in [0.4, 0.5) is 5.13 Å². The van der Waals surface area contributed by atoms with Crippen LogP contribution in [-0.2, 0) is 9.59 Å². The van der Waals surface area contributed by atoms with Crippen LogP contribution in [0, 0.1) is 0 Å². The van der Waals surface area contributed by atoms with E-state index in [1.165, 1.54) is 37.6 Å². The molecule has 0 bridgehead atoms. The van der Waals surface area contributed by atoms with Crippen molar-refractivity contribution in [3.05, 3.63) is 71.3 Å². The Balaban J connectivity index is 1.72. The molecule has 1 aliphatic heterocycles. The molecule has 2 heterocycles. The first-order valence-corrected chi connectivity index (χ1v) is 14.0.